The Kier molecular flexibility index (Phi) is 6.30. The van der Waals surface area contributed by atoms with Gasteiger partial charge < -0.3 is 22.0 Å². The van der Waals surface area contributed by atoms with Crippen LogP contribution in [0, 0.1) is 18.7 Å². The van der Waals surface area contributed by atoms with Crippen LogP contribution in [0.1, 0.15) is 39.7 Å². The minimum Gasteiger partial charge on any atom is -0.663 e. The molecule has 24 heavy (non-hydrogen) atoms. The largest absolute Gasteiger partial charge is 0.663 e. The van der Waals surface area contributed by atoms with Crippen LogP contribution in [0.5, 0.6) is 0 Å². The molecule has 1 aliphatic rings. The van der Waals surface area contributed by atoms with Crippen LogP contribution in [0.4, 0.5) is 4.39 Å². The van der Waals surface area contributed by atoms with Crippen LogP contribution in [0.3, 0.4) is 0 Å². The van der Waals surface area contributed by atoms with Crippen LogP contribution >= 0.6 is 0 Å². The van der Waals surface area contributed by atoms with Crippen molar-refractivity contribution in [3.63, 3.8) is 0 Å². The number of hydrogen-bond donors (Lipinski definition) is 0. The smallest absolute Gasteiger partial charge is 0.176 e. The molecule has 0 amide bonds. The summed E-state index contributed by atoms with van der Waals surface area (Å²) in [5.41, 5.74) is 2.80. The van der Waals surface area contributed by atoms with Crippen molar-refractivity contribution in [2.45, 2.75) is 40.3 Å². The van der Waals surface area contributed by atoms with E-state index in [2.05, 4.69) is 44.6 Å². The number of aromatic nitrogens is 1. The molecule has 0 aliphatic carbocycles. The molecular formula is C19H25FN2ORe-2. The summed E-state index contributed by atoms with van der Waals surface area (Å²) in [6.07, 6.45) is 2.62. The van der Waals surface area contributed by atoms with E-state index in [1.54, 1.807) is 12.3 Å². The van der Waals surface area contributed by atoms with Crippen LogP contribution in [0.2, 0.25) is 0 Å². The number of benzene rings is 1. The number of rotatable bonds is 2. The fraction of sp³-hybridized carbons (Fsp3) is 0.421. The Hall–Kier alpha value is -1.31. The van der Waals surface area contributed by atoms with Gasteiger partial charge in [0.05, 0.1) is 5.70 Å². The van der Waals surface area contributed by atoms with Gasteiger partial charge in [-0.2, -0.15) is 6.20 Å². The first kappa shape index (κ1) is 20.7. The summed E-state index contributed by atoms with van der Waals surface area (Å²) in [6, 6.07) is 4.68. The monoisotopic (exact) mass is 503 g/mol. The van der Waals surface area contributed by atoms with Crippen molar-refractivity contribution in [1.82, 2.24) is 9.88 Å². The SMILES string of the molecule is CCC1=C(c2c[n-]c3ccc(F)cc23)OC(C(C)(C)C)N1C.[CH3-].[Re]. The number of halogens is 1. The molecular weight excluding hydrogens is 477 g/mol. The zero-order valence-electron chi connectivity index (χ0n) is 15.2. The van der Waals surface area contributed by atoms with Gasteiger partial charge in [-0.3, -0.25) is 0 Å². The average molecular weight is 503 g/mol. The quantitative estimate of drug-likeness (QED) is 0.552. The van der Waals surface area contributed by atoms with Crippen molar-refractivity contribution in [3.8, 4) is 0 Å². The normalized spacial score (nSPS) is 17.6. The Morgan fingerprint density at radius 3 is 2.54 bits per heavy atom. The predicted octanol–water partition coefficient (Wildman–Crippen LogP) is 4.80. The summed E-state index contributed by atoms with van der Waals surface area (Å²) >= 11 is 0. The van der Waals surface area contributed by atoms with Gasteiger partial charge in [-0.05, 0) is 23.9 Å². The minimum absolute atomic E-state index is 0. The van der Waals surface area contributed by atoms with E-state index in [9.17, 15) is 4.39 Å². The molecule has 5 heteroatoms. The molecule has 2 aromatic rings. The number of hydrogen-bond acceptors (Lipinski definition) is 2. The third-order valence-corrected chi connectivity index (χ3v) is 4.17. The van der Waals surface area contributed by atoms with Crippen LogP contribution in [0.15, 0.2) is 30.1 Å². The zero-order valence-corrected chi connectivity index (χ0v) is 17.9. The molecule has 0 fully saturated rings. The standard InChI is InChI=1S/C18H22FN2O.CH3.Re/c1-6-15-16(22-17(21(15)5)18(2,3)4)13-10-20-14-8-7-11(19)9-12(13)14;;/h7-10,17H,6H2,1-5H3;1H3;/q2*-1;. The minimum atomic E-state index is -0.251. The van der Waals surface area contributed by atoms with Crippen molar-refractivity contribution in [2.24, 2.45) is 5.41 Å². The summed E-state index contributed by atoms with van der Waals surface area (Å²) in [7, 11) is 2.06. The van der Waals surface area contributed by atoms with Gasteiger partial charge in [0.15, 0.2) is 6.23 Å². The predicted molar refractivity (Wildman–Crippen MR) is 92.9 cm³/mol. The molecule has 133 valence electrons. The molecule has 1 radical (unpaired) electrons. The van der Waals surface area contributed by atoms with Crippen LogP contribution in [-0.4, -0.2) is 18.2 Å². The Balaban J connectivity index is 0.00000144. The molecule has 1 aromatic heterocycles. The summed E-state index contributed by atoms with van der Waals surface area (Å²) in [6.45, 7) is 8.58. The first-order chi connectivity index (χ1) is 10.3. The Morgan fingerprint density at radius 2 is 1.96 bits per heavy atom. The van der Waals surface area contributed by atoms with Crippen molar-refractivity contribution < 1.29 is 29.6 Å². The van der Waals surface area contributed by atoms with E-state index in [0.29, 0.717) is 0 Å². The fourth-order valence-electron chi connectivity index (χ4n) is 3.17. The topological polar surface area (TPSA) is 26.6 Å². The van der Waals surface area contributed by atoms with E-state index in [0.717, 1.165) is 34.3 Å². The molecule has 0 spiro atoms. The molecule has 0 saturated heterocycles. The van der Waals surface area contributed by atoms with Crippen molar-refractivity contribution >= 4 is 16.7 Å². The van der Waals surface area contributed by atoms with Crippen molar-refractivity contribution in [1.29, 1.82) is 0 Å². The summed E-state index contributed by atoms with van der Waals surface area (Å²) in [5.74, 6) is 0.581. The van der Waals surface area contributed by atoms with Crippen molar-refractivity contribution in [3.05, 3.63) is 48.9 Å². The number of ether oxygens (including phenoxy) is 1. The van der Waals surface area contributed by atoms with Gasteiger partial charge in [-0.1, -0.05) is 33.8 Å². The molecule has 2 heterocycles. The molecule has 3 nitrogen and oxygen atoms in total. The molecule has 0 N–H and O–H groups in total. The number of nitrogens with zero attached hydrogens (tertiary/aromatic N) is 2. The molecule has 1 unspecified atom stereocenters. The van der Waals surface area contributed by atoms with E-state index in [4.69, 9.17) is 4.74 Å². The second-order valence-electron chi connectivity index (χ2n) is 6.91. The maximum Gasteiger partial charge on any atom is 0.176 e. The van der Waals surface area contributed by atoms with Crippen LogP contribution in [0.25, 0.3) is 16.7 Å². The van der Waals surface area contributed by atoms with Crippen molar-refractivity contribution in [2.75, 3.05) is 7.05 Å². The second-order valence-corrected chi connectivity index (χ2v) is 6.91. The summed E-state index contributed by atoms with van der Waals surface area (Å²) < 4.78 is 19.9. The maximum absolute atomic E-state index is 13.6. The van der Waals surface area contributed by atoms with Gasteiger partial charge in [-0.15, -0.1) is 5.52 Å². The fourth-order valence-corrected chi connectivity index (χ4v) is 3.17. The average Bonchev–Trinajstić information content (AvgIpc) is 2.98. The van der Waals surface area contributed by atoms with Gasteiger partial charge in [0.25, 0.3) is 0 Å². The van der Waals surface area contributed by atoms with E-state index in [-0.39, 0.29) is 45.3 Å². The summed E-state index contributed by atoms with van der Waals surface area (Å²) in [5, 5.41) is 0.809. The summed E-state index contributed by atoms with van der Waals surface area (Å²) in [4.78, 5) is 6.57. The maximum atomic E-state index is 13.6. The van der Waals surface area contributed by atoms with E-state index < -0.39 is 0 Å². The van der Waals surface area contributed by atoms with E-state index in [1.807, 2.05) is 0 Å². The molecule has 1 aliphatic heterocycles. The van der Waals surface area contributed by atoms with Gasteiger partial charge in [-0.25, -0.2) is 4.39 Å². The Bertz CT molecular complexity index is 745. The van der Waals surface area contributed by atoms with E-state index >= 15 is 0 Å². The third kappa shape index (κ3) is 3.38. The zero-order chi connectivity index (χ0) is 16.1. The van der Waals surface area contributed by atoms with Gasteiger partial charge in [0.2, 0.25) is 0 Å². The number of fused-ring (bicyclic) bond motifs is 1. The molecule has 3 rings (SSSR count). The Morgan fingerprint density at radius 1 is 1.29 bits per heavy atom. The first-order valence-corrected chi connectivity index (χ1v) is 7.67. The van der Waals surface area contributed by atoms with E-state index in [1.165, 1.54) is 12.1 Å². The Labute approximate surface area is 157 Å². The molecule has 0 bridgehead atoms. The van der Waals surface area contributed by atoms with Gasteiger partial charge in [0.1, 0.15) is 11.6 Å². The molecule has 1 atom stereocenters. The van der Waals surface area contributed by atoms with Crippen LogP contribution < -0.4 is 4.98 Å². The van der Waals surface area contributed by atoms with Crippen LogP contribution in [-0.2, 0) is 25.2 Å². The second kappa shape index (κ2) is 7.29. The van der Waals surface area contributed by atoms with Gasteiger partial charge >= 0.3 is 0 Å². The van der Waals surface area contributed by atoms with Gasteiger partial charge in [0, 0.05) is 38.4 Å². The first-order valence-electron chi connectivity index (χ1n) is 7.67. The molecule has 0 saturated carbocycles. The number of allylic oxidation sites excluding steroid dienone is 1. The molecule has 1 aromatic carbocycles. The third-order valence-electron chi connectivity index (χ3n) is 4.17.